The lowest BCUT2D eigenvalue weighted by molar-refractivity contribution is 0.0923. The van der Waals surface area contributed by atoms with Gasteiger partial charge in [-0.15, -0.1) is 0 Å². The Morgan fingerprint density at radius 3 is 2.54 bits per heavy atom. The largest absolute Gasteiger partial charge is 0.450 e. The van der Waals surface area contributed by atoms with Crippen molar-refractivity contribution in [3.8, 4) is 0 Å². The van der Waals surface area contributed by atoms with E-state index in [9.17, 15) is 4.79 Å². The number of carbonyl (C=O) groups is 1. The van der Waals surface area contributed by atoms with Gasteiger partial charge in [-0.2, -0.15) is 0 Å². The van der Waals surface area contributed by atoms with Crippen LogP contribution in [0.15, 0.2) is 48.5 Å². The summed E-state index contributed by atoms with van der Waals surface area (Å²) in [5.74, 6) is 0. The molecule has 4 rings (SSSR count). The predicted octanol–water partition coefficient (Wildman–Crippen LogP) is 3.86. The van der Waals surface area contributed by atoms with Crippen LogP contribution in [0.2, 0.25) is 0 Å². The summed E-state index contributed by atoms with van der Waals surface area (Å²) in [6.07, 6.45) is -0.256. The number of fused-ring (bicyclic) bond motifs is 2. The number of hydrogen-bond acceptors (Lipinski definition) is 4. The summed E-state index contributed by atoms with van der Waals surface area (Å²) in [6, 6.07) is 16.3. The van der Waals surface area contributed by atoms with E-state index in [1.807, 2.05) is 37.3 Å². The first-order chi connectivity index (χ1) is 13.6. The Morgan fingerprint density at radius 1 is 1.04 bits per heavy atom. The highest BCUT2D eigenvalue weighted by molar-refractivity contribution is 7.80. The Morgan fingerprint density at radius 2 is 1.75 bits per heavy atom. The third-order valence-electron chi connectivity index (χ3n) is 4.86. The number of carbonyl (C=O) groups excluding carboxylic acids is 1. The van der Waals surface area contributed by atoms with Crippen LogP contribution >= 0.6 is 12.2 Å². The third-order valence-corrected chi connectivity index (χ3v) is 5.22. The van der Waals surface area contributed by atoms with E-state index in [4.69, 9.17) is 21.9 Å². The number of anilines is 1. The van der Waals surface area contributed by atoms with Crippen molar-refractivity contribution < 1.29 is 9.53 Å². The number of piperazine rings is 1. The summed E-state index contributed by atoms with van der Waals surface area (Å²) in [6.45, 7) is 4.78. The molecule has 6 nitrogen and oxygen atoms in total. The molecule has 0 unspecified atom stereocenters. The number of amides is 1. The zero-order valence-corrected chi connectivity index (χ0v) is 16.5. The van der Waals surface area contributed by atoms with E-state index in [1.165, 1.54) is 0 Å². The fourth-order valence-electron chi connectivity index (χ4n) is 3.36. The fraction of sp³-hybridized carbons (Fsp3) is 0.286. The Kier molecular flexibility index (Phi) is 5.25. The minimum Gasteiger partial charge on any atom is -0.450 e. The number of benzene rings is 2. The Labute approximate surface area is 169 Å². The highest BCUT2D eigenvalue weighted by Gasteiger charge is 2.23. The molecule has 1 saturated heterocycles. The van der Waals surface area contributed by atoms with Crippen LogP contribution in [0.5, 0.6) is 0 Å². The van der Waals surface area contributed by atoms with E-state index < -0.39 is 0 Å². The second-order valence-electron chi connectivity index (χ2n) is 6.69. The maximum Gasteiger partial charge on any atom is 0.409 e. The van der Waals surface area contributed by atoms with Gasteiger partial charge in [-0.25, -0.2) is 9.78 Å². The van der Waals surface area contributed by atoms with Gasteiger partial charge in [-0.1, -0.05) is 24.3 Å². The summed E-state index contributed by atoms with van der Waals surface area (Å²) < 4.78 is 5.06. The predicted molar refractivity (Wildman–Crippen MR) is 116 cm³/mol. The van der Waals surface area contributed by atoms with Crippen molar-refractivity contribution in [3.63, 3.8) is 0 Å². The number of pyridine rings is 1. The van der Waals surface area contributed by atoms with Gasteiger partial charge in [-0.3, -0.25) is 0 Å². The molecule has 1 aliphatic heterocycles. The van der Waals surface area contributed by atoms with E-state index in [0.29, 0.717) is 37.9 Å². The fourth-order valence-corrected chi connectivity index (χ4v) is 3.66. The number of nitrogens with one attached hydrogen (secondary N) is 1. The Hall–Kier alpha value is -2.93. The van der Waals surface area contributed by atoms with Crippen LogP contribution in [0, 0.1) is 0 Å². The second-order valence-corrected chi connectivity index (χ2v) is 7.08. The van der Waals surface area contributed by atoms with Crippen molar-refractivity contribution in [2.45, 2.75) is 6.92 Å². The number of ether oxygens (including phenoxy) is 1. The van der Waals surface area contributed by atoms with Crippen LogP contribution in [-0.2, 0) is 4.74 Å². The van der Waals surface area contributed by atoms with Crippen molar-refractivity contribution in [1.29, 1.82) is 0 Å². The number of nitrogens with zero attached hydrogens (tertiary/aromatic N) is 3. The van der Waals surface area contributed by atoms with Gasteiger partial charge in [0.1, 0.15) is 0 Å². The van der Waals surface area contributed by atoms with Gasteiger partial charge < -0.3 is 19.9 Å². The Bertz CT molecular complexity index is 1030. The van der Waals surface area contributed by atoms with Gasteiger partial charge in [0.15, 0.2) is 5.11 Å². The zero-order chi connectivity index (χ0) is 19.5. The van der Waals surface area contributed by atoms with Crippen molar-refractivity contribution in [2.24, 2.45) is 0 Å². The number of thiocarbonyl (C=S) groups is 1. The van der Waals surface area contributed by atoms with Gasteiger partial charge in [0.25, 0.3) is 0 Å². The topological polar surface area (TPSA) is 57.7 Å². The van der Waals surface area contributed by atoms with Gasteiger partial charge in [0.05, 0.1) is 17.6 Å². The molecule has 2 aromatic carbocycles. The second kappa shape index (κ2) is 7.98. The maximum absolute atomic E-state index is 11.8. The molecule has 0 atom stereocenters. The molecule has 3 aromatic rings. The molecule has 1 fully saturated rings. The first-order valence-corrected chi connectivity index (χ1v) is 9.82. The monoisotopic (exact) mass is 394 g/mol. The molecular weight excluding hydrogens is 372 g/mol. The summed E-state index contributed by atoms with van der Waals surface area (Å²) >= 11 is 5.57. The van der Waals surface area contributed by atoms with Crippen LogP contribution in [-0.4, -0.2) is 58.8 Å². The van der Waals surface area contributed by atoms with E-state index in [2.05, 4.69) is 28.4 Å². The van der Waals surface area contributed by atoms with Crippen LogP contribution in [0.25, 0.3) is 21.8 Å². The molecule has 0 bridgehead atoms. The molecule has 28 heavy (non-hydrogen) atoms. The average molecular weight is 395 g/mol. The molecule has 0 saturated carbocycles. The standard InChI is InChI=1S/C21H22N4O2S/c1-2-27-21(26)25-11-9-24(10-12-25)20(28)22-17-8-7-16-13-15-5-3-4-6-18(15)23-19(16)14-17/h3-8,13-14H,2,9-12H2,1H3,(H,22,28). The lowest BCUT2D eigenvalue weighted by Crippen LogP contribution is -2.51. The van der Waals surface area contributed by atoms with E-state index >= 15 is 0 Å². The molecule has 1 aliphatic rings. The number of hydrogen-bond donors (Lipinski definition) is 1. The molecule has 0 spiro atoms. The molecule has 144 valence electrons. The minimum absolute atomic E-state index is 0.256. The van der Waals surface area contributed by atoms with Gasteiger partial charge >= 0.3 is 6.09 Å². The van der Waals surface area contributed by atoms with Gasteiger partial charge in [-0.05, 0) is 43.4 Å². The molecule has 7 heteroatoms. The summed E-state index contributed by atoms with van der Waals surface area (Å²) in [5, 5.41) is 6.19. The SMILES string of the molecule is CCOC(=O)N1CCN(C(=S)Nc2ccc3cc4ccccc4nc3c2)CC1. The summed E-state index contributed by atoms with van der Waals surface area (Å²) in [4.78, 5) is 20.4. The molecule has 2 heterocycles. The van der Waals surface area contributed by atoms with Crippen molar-refractivity contribution in [2.75, 3.05) is 38.1 Å². The average Bonchev–Trinajstić information content (AvgIpc) is 2.72. The van der Waals surface area contributed by atoms with E-state index in [-0.39, 0.29) is 6.09 Å². The van der Waals surface area contributed by atoms with Crippen molar-refractivity contribution >= 4 is 50.9 Å². The van der Waals surface area contributed by atoms with Crippen molar-refractivity contribution in [3.05, 3.63) is 48.5 Å². The summed E-state index contributed by atoms with van der Waals surface area (Å²) in [5.41, 5.74) is 2.82. The number of aromatic nitrogens is 1. The van der Waals surface area contributed by atoms with Crippen molar-refractivity contribution in [1.82, 2.24) is 14.8 Å². The maximum atomic E-state index is 11.8. The highest BCUT2D eigenvalue weighted by atomic mass is 32.1. The molecule has 0 radical (unpaired) electrons. The lowest BCUT2D eigenvalue weighted by Gasteiger charge is -2.35. The van der Waals surface area contributed by atoms with Crippen LogP contribution < -0.4 is 5.32 Å². The molecular formula is C21H22N4O2S. The van der Waals surface area contributed by atoms with Crippen LogP contribution in [0.3, 0.4) is 0 Å². The smallest absolute Gasteiger partial charge is 0.409 e. The molecule has 1 amide bonds. The van der Waals surface area contributed by atoms with Gasteiger partial charge in [0, 0.05) is 42.6 Å². The van der Waals surface area contributed by atoms with E-state index in [1.54, 1.807) is 4.90 Å². The third kappa shape index (κ3) is 3.84. The first-order valence-electron chi connectivity index (χ1n) is 9.41. The van der Waals surface area contributed by atoms with E-state index in [0.717, 1.165) is 27.5 Å². The number of para-hydroxylation sites is 1. The van der Waals surface area contributed by atoms with Gasteiger partial charge in [0.2, 0.25) is 0 Å². The Balaban J connectivity index is 1.44. The van der Waals surface area contributed by atoms with Crippen LogP contribution in [0.1, 0.15) is 6.92 Å². The van der Waals surface area contributed by atoms with Crippen LogP contribution in [0.4, 0.5) is 10.5 Å². The minimum atomic E-state index is -0.256. The lowest BCUT2D eigenvalue weighted by atomic mass is 10.1. The molecule has 0 aliphatic carbocycles. The quantitative estimate of drug-likeness (QED) is 0.526. The number of rotatable bonds is 2. The molecule has 1 aromatic heterocycles. The normalized spacial score (nSPS) is 14.3. The highest BCUT2D eigenvalue weighted by Crippen LogP contribution is 2.22. The summed E-state index contributed by atoms with van der Waals surface area (Å²) in [7, 11) is 0. The zero-order valence-electron chi connectivity index (χ0n) is 15.7. The first kappa shape index (κ1) is 18.4. The molecule has 1 N–H and O–H groups in total.